The number of primary amides is 1. The van der Waals surface area contributed by atoms with Crippen LogP contribution in [0.25, 0.3) is 0 Å². The lowest BCUT2D eigenvalue weighted by Gasteiger charge is -2.16. The van der Waals surface area contributed by atoms with Gasteiger partial charge in [-0.3, -0.25) is 4.79 Å². The van der Waals surface area contributed by atoms with Crippen molar-refractivity contribution in [1.82, 2.24) is 0 Å². The molecule has 1 aromatic rings. The van der Waals surface area contributed by atoms with E-state index >= 15 is 0 Å². The predicted octanol–water partition coefficient (Wildman–Crippen LogP) is 3.08. The van der Waals surface area contributed by atoms with Gasteiger partial charge in [-0.15, -0.1) is 0 Å². The Bertz CT molecular complexity index is 464. The van der Waals surface area contributed by atoms with Gasteiger partial charge in [-0.25, -0.2) is 0 Å². The van der Waals surface area contributed by atoms with Crippen LogP contribution in [-0.2, 0) is 4.79 Å². The highest BCUT2D eigenvalue weighted by Crippen LogP contribution is 2.24. The van der Waals surface area contributed by atoms with Crippen LogP contribution in [0.4, 0.5) is 18.9 Å². The van der Waals surface area contributed by atoms with Gasteiger partial charge < -0.3 is 15.8 Å². The molecule has 0 aliphatic carbocycles. The first kappa shape index (κ1) is 17.1. The molecule has 4 nitrogen and oxygen atoms in total. The van der Waals surface area contributed by atoms with Crippen molar-refractivity contribution < 1.29 is 22.7 Å². The van der Waals surface area contributed by atoms with Crippen molar-refractivity contribution in [3.05, 3.63) is 24.3 Å². The van der Waals surface area contributed by atoms with Crippen molar-refractivity contribution in [3.8, 4) is 5.75 Å². The Hall–Kier alpha value is -1.92. The number of nitrogens with one attached hydrogen (secondary N) is 1. The third kappa shape index (κ3) is 8.06. The average Bonchev–Trinajstić information content (AvgIpc) is 2.35. The van der Waals surface area contributed by atoms with Gasteiger partial charge >= 0.3 is 6.18 Å². The van der Waals surface area contributed by atoms with Gasteiger partial charge in [-0.1, -0.05) is 6.07 Å². The molecule has 118 valence electrons. The molecule has 1 rings (SSSR count). The maximum absolute atomic E-state index is 12.1. The Balaban J connectivity index is 2.43. The molecule has 0 saturated carbocycles. The number of hydrogen-bond acceptors (Lipinski definition) is 3. The minimum Gasteiger partial charge on any atom is -0.484 e. The molecule has 1 atom stereocenters. The third-order valence-corrected chi connectivity index (χ3v) is 2.73. The monoisotopic (exact) mass is 304 g/mol. The topological polar surface area (TPSA) is 64.3 Å². The fourth-order valence-electron chi connectivity index (χ4n) is 1.80. The van der Waals surface area contributed by atoms with Crippen LogP contribution in [0.1, 0.15) is 26.2 Å². The van der Waals surface area contributed by atoms with Crippen LogP contribution >= 0.6 is 0 Å². The smallest absolute Gasteiger partial charge is 0.389 e. The van der Waals surface area contributed by atoms with Crippen LogP contribution in [0.2, 0.25) is 0 Å². The summed E-state index contributed by atoms with van der Waals surface area (Å²) < 4.78 is 41.3. The summed E-state index contributed by atoms with van der Waals surface area (Å²) in [5.74, 6) is -0.102. The lowest BCUT2D eigenvalue weighted by atomic mass is 10.1. The molecular formula is C14H19F3N2O2. The lowest BCUT2D eigenvalue weighted by Crippen LogP contribution is -2.20. The van der Waals surface area contributed by atoms with Gasteiger partial charge in [-0.2, -0.15) is 13.2 Å². The van der Waals surface area contributed by atoms with E-state index in [4.69, 9.17) is 10.5 Å². The Morgan fingerprint density at radius 1 is 1.43 bits per heavy atom. The van der Waals surface area contributed by atoms with Gasteiger partial charge in [0.1, 0.15) is 5.75 Å². The second-order valence-corrected chi connectivity index (χ2v) is 4.84. The molecule has 1 aromatic carbocycles. The molecule has 0 aliphatic rings. The van der Waals surface area contributed by atoms with Gasteiger partial charge in [0.15, 0.2) is 6.61 Å². The molecule has 0 aliphatic heterocycles. The molecule has 0 heterocycles. The molecule has 0 saturated heterocycles. The lowest BCUT2D eigenvalue weighted by molar-refractivity contribution is -0.135. The summed E-state index contributed by atoms with van der Waals surface area (Å²) in [6.45, 7) is 1.60. The number of nitrogens with two attached hydrogens (primary N) is 1. The number of benzene rings is 1. The summed E-state index contributed by atoms with van der Waals surface area (Å²) in [5.41, 5.74) is 5.70. The zero-order chi connectivity index (χ0) is 15.9. The van der Waals surface area contributed by atoms with Crippen LogP contribution in [0.15, 0.2) is 24.3 Å². The number of rotatable bonds is 8. The fourth-order valence-corrected chi connectivity index (χ4v) is 1.80. The summed E-state index contributed by atoms with van der Waals surface area (Å²) in [4.78, 5) is 10.6. The van der Waals surface area contributed by atoms with E-state index in [0.29, 0.717) is 12.2 Å². The SMILES string of the molecule is CC(CCCC(F)(F)F)Nc1cccc(OCC(N)=O)c1. The maximum Gasteiger partial charge on any atom is 0.389 e. The number of alkyl halides is 3. The number of halogens is 3. The molecule has 0 fully saturated rings. The predicted molar refractivity (Wildman–Crippen MR) is 74.1 cm³/mol. The molecule has 0 aromatic heterocycles. The van der Waals surface area contributed by atoms with Crippen LogP contribution < -0.4 is 15.8 Å². The number of carbonyl (C=O) groups is 1. The highest BCUT2D eigenvalue weighted by molar-refractivity contribution is 5.75. The number of carbonyl (C=O) groups excluding carboxylic acids is 1. The van der Waals surface area contributed by atoms with Crippen molar-refractivity contribution in [2.45, 2.75) is 38.4 Å². The molecule has 7 heteroatoms. The van der Waals surface area contributed by atoms with E-state index in [1.54, 1.807) is 24.3 Å². The van der Waals surface area contributed by atoms with E-state index in [2.05, 4.69) is 5.32 Å². The van der Waals surface area contributed by atoms with Crippen molar-refractivity contribution in [3.63, 3.8) is 0 Å². The molecule has 0 radical (unpaired) electrons. The second-order valence-electron chi connectivity index (χ2n) is 4.84. The van der Waals surface area contributed by atoms with Gasteiger partial charge in [-0.05, 0) is 31.9 Å². The van der Waals surface area contributed by atoms with E-state index in [9.17, 15) is 18.0 Å². The minimum absolute atomic E-state index is 0.0789. The number of anilines is 1. The molecule has 1 amide bonds. The van der Waals surface area contributed by atoms with Crippen molar-refractivity contribution in [2.75, 3.05) is 11.9 Å². The van der Waals surface area contributed by atoms with Crippen LogP contribution in [0, 0.1) is 0 Å². The molecule has 3 N–H and O–H groups in total. The summed E-state index contributed by atoms with van der Waals surface area (Å²) in [7, 11) is 0. The Kier molecular flexibility index (Phi) is 6.33. The highest BCUT2D eigenvalue weighted by atomic mass is 19.4. The summed E-state index contributed by atoms with van der Waals surface area (Å²) in [6.07, 6.45) is -4.40. The fraction of sp³-hybridized carbons (Fsp3) is 0.500. The quantitative estimate of drug-likeness (QED) is 0.775. The van der Waals surface area contributed by atoms with Crippen LogP contribution in [0.3, 0.4) is 0 Å². The summed E-state index contributed by atoms with van der Waals surface area (Å²) in [5, 5.41) is 3.09. The number of ether oxygens (including phenoxy) is 1. The van der Waals surface area contributed by atoms with Crippen molar-refractivity contribution in [1.29, 1.82) is 0 Å². The van der Waals surface area contributed by atoms with Gasteiger partial charge in [0, 0.05) is 24.2 Å². The molecule has 1 unspecified atom stereocenters. The van der Waals surface area contributed by atoms with Gasteiger partial charge in [0.2, 0.25) is 0 Å². The molecule has 21 heavy (non-hydrogen) atoms. The van der Waals surface area contributed by atoms with E-state index in [-0.39, 0.29) is 19.1 Å². The zero-order valence-corrected chi connectivity index (χ0v) is 11.7. The minimum atomic E-state index is -4.11. The first-order chi connectivity index (χ1) is 9.76. The second kappa shape index (κ2) is 7.75. The normalized spacial score (nSPS) is 12.8. The third-order valence-electron chi connectivity index (χ3n) is 2.73. The van der Waals surface area contributed by atoms with Gasteiger partial charge in [0.25, 0.3) is 5.91 Å². The first-order valence-electron chi connectivity index (χ1n) is 6.61. The largest absolute Gasteiger partial charge is 0.484 e. The van der Waals surface area contributed by atoms with Crippen LogP contribution in [-0.4, -0.2) is 24.7 Å². The number of hydrogen-bond donors (Lipinski definition) is 2. The Labute approximate surface area is 121 Å². The summed E-state index contributed by atoms with van der Waals surface area (Å²) >= 11 is 0. The highest BCUT2D eigenvalue weighted by Gasteiger charge is 2.26. The average molecular weight is 304 g/mol. The zero-order valence-electron chi connectivity index (χ0n) is 11.7. The van der Waals surface area contributed by atoms with E-state index in [0.717, 1.165) is 5.69 Å². The van der Waals surface area contributed by atoms with E-state index in [1.165, 1.54) is 0 Å². The Morgan fingerprint density at radius 3 is 2.76 bits per heavy atom. The van der Waals surface area contributed by atoms with Crippen molar-refractivity contribution in [2.24, 2.45) is 5.73 Å². The summed E-state index contributed by atoms with van der Waals surface area (Å²) in [6, 6.07) is 6.74. The maximum atomic E-state index is 12.1. The van der Waals surface area contributed by atoms with E-state index < -0.39 is 18.5 Å². The van der Waals surface area contributed by atoms with E-state index in [1.807, 2.05) is 6.92 Å². The van der Waals surface area contributed by atoms with Crippen LogP contribution in [0.5, 0.6) is 5.75 Å². The Morgan fingerprint density at radius 2 is 2.14 bits per heavy atom. The standard InChI is InChI=1S/C14H19F3N2O2/c1-10(4-3-7-14(15,16)17)19-11-5-2-6-12(8-11)21-9-13(18)20/h2,5-6,8,10,19H,3-4,7,9H2,1H3,(H2,18,20). The number of amides is 1. The van der Waals surface area contributed by atoms with Gasteiger partial charge in [0.05, 0.1) is 0 Å². The molecule has 0 bridgehead atoms. The molecule has 0 spiro atoms. The molecular weight excluding hydrogens is 285 g/mol. The first-order valence-corrected chi connectivity index (χ1v) is 6.61. The van der Waals surface area contributed by atoms with Crippen molar-refractivity contribution >= 4 is 11.6 Å².